The van der Waals surface area contributed by atoms with E-state index >= 15 is 0 Å². The molecule has 1 aliphatic rings. The number of nitrogens with zero attached hydrogens (tertiary/aromatic N) is 2. The third-order valence-corrected chi connectivity index (χ3v) is 7.19. The average molecular weight is 633 g/mol. The first kappa shape index (κ1) is 32.0. The Morgan fingerprint density at radius 1 is 0.864 bits per heavy atom. The fraction of sp³-hybridized carbons (Fsp3) is 0.207. The summed E-state index contributed by atoms with van der Waals surface area (Å²) < 4.78 is 66.8. The number of pyridine rings is 1. The van der Waals surface area contributed by atoms with Crippen LogP contribution in [-0.4, -0.2) is 47.3 Å². The first-order valence-electron chi connectivity index (χ1n) is 12.7. The van der Waals surface area contributed by atoms with Crippen LogP contribution in [0.2, 0.25) is 0 Å². The molecule has 11 nitrogen and oxygen atoms in total. The van der Waals surface area contributed by atoms with Crippen molar-refractivity contribution in [1.29, 1.82) is 0 Å². The SMILES string of the molecule is Cc1cc(C(=O)ON2C(=O)CCC2=O)cc(C)c1OC(=O)c1c2ccccc2[n+](C)c2ccccc12.O=S(=O)([O-])C(F)(F)F. The Balaban J connectivity index is 0.000000488. The van der Waals surface area contributed by atoms with E-state index < -0.39 is 39.4 Å². The van der Waals surface area contributed by atoms with Crippen molar-refractivity contribution in [3.05, 3.63) is 82.9 Å². The highest BCUT2D eigenvalue weighted by molar-refractivity contribution is 7.86. The van der Waals surface area contributed by atoms with Gasteiger partial charge in [0.25, 0.3) is 11.8 Å². The Labute approximate surface area is 248 Å². The number of aryl methyl sites for hydroxylation is 3. The number of para-hydroxylation sites is 2. The van der Waals surface area contributed by atoms with Gasteiger partial charge in [-0.3, -0.25) is 9.59 Å². The number of ether oxygens (including phenoxy) is 1. The van der Waals surface area contributed by atoms with Gasteiger partial charge in [0, 0.05) is 25.0 Å². The van der Waals surface area contributed by atoms with Crippen LogP contribution in [0.15, 0.2) is 60.7 Å². The van der Waals surface area contributed by atoms with Crippen LogP contribution in [0, 0.1) is 13.8 Å². The predicted molar refractivity (Wildman–Crippen MR) is 146 cm³/mol. The topological polar surface area (TPSA) is 151 Å². The smallest absolute Gasteiger partial charge is 0.485 e. The largest absolute Gasteiger partial charge is 0.741 e. The summed E-state index contributed by atoms with van der Waals surface area (Å²) in [7, 11) is -4.14. The van der Waals surface area contributed by atoms with Gasteiger partial charge >= 0.3 is 17.4 Å². The zero-order chi connectivity index (χ0) is 32.6. The van der Waals surface area contributed by atoms with Crippen LogP contribution >= 0.6 is 0 Å². The minimum Gasteiger partial charge on any atom is -0.741 e. The molecule has 15 heteroatoms. The minimum absolute atomic E-state index is 0.0138. The highest BCUT2D eigenvalue weighted by atomic mass is 32.2. The molecule has 44 heavy (non-hydrogen) atoms. The van der Waals surface area contributed by atoms with Crippen molar-refractivity contribution in [1.82, 2.24) is 5.06 Å². The number of fused-ring (bicyclic) bond motifs is 2. The Hall–Kier alpha value is -4.89. The lowest BCUT2D eigenvalue weighted by molar-refractivity contribution is -0.617. The standard InChI is InChI=1S/C28H23N2O6.CHF3O3S/c1-16-14-18(27(33)36-30-23(31)12-13-24(30)32)15-17(2)26(16)35-28(34)25-19-8-4-6-10-21(19)29(3)22-11-7-5-9-20(22)25;2-1(3,4)8(5,6)7/h4-11,14-15H,12-13H2,1-3H3;(H,5,6,7)/q+1;/p-1. The Kier molecular flexibility index (Phi) is 8.74. The van der Waals surface area contributed by atoms with Gasteiger partial charge in [-0.15, -0.1) is 5.06 Å². The van der Waals surface area contributed by atoms with Crippen molar-refractivity contribution in [3.63, 3.8) is 0 Å². The molecule has 5 rings (SSSR count). The first-order chi connectivity index (χ1) is 20.5. The quantitative estimate of drug-likeness (QED) is 0.0620. The fourth-order valence-corrected chi connectivity index (χ4v) is 4.62. The monoisotopic (exact) mass is 632 g/mol. The third-order valence-electron chi connectivity index (χ3n) is 6.63. The van der Waals surface area contributed by atoms with Crippen molar-refractivity contribution < 1.29 is 59.5 Å². The number of amides is 2. The molecule has 0 atom stereocenters. The van der Waals surface area contributed by atoms with Crippen LogP contribution in [-0.2, 0) is 31.6 Å². The molecule has 0 spiro atoms. The summed E-state index contributed by atoms with van der Waals surface area (Å²) in [6.07, 6.45) is 0.0277. The number of imide groups is 1. The highest BCUT2D eigenvalue weighted by Crippen LogP contribution is 2.30. The van der Waals surface area contributed by atoms with Gasteiger partial charge < -0.3 is 14.1 Å². The third kappa shape index (κ3) is 6.38. The van der Waals surface area contributed by atoms with Gasteiger partial charge in [0.1, 0.15) is 12.8 Å². The van der Waals surface area contributed by atoms with Crippen molar-refractivity contribution in [2.24, 2.45) is 7.05 Å². The maximum absolute atomic E-state index is 13.6. The number of hydrogen-bond acceptors (Lipinski definition) is 9. The molecule has 1 aliphatic heterocycles. The van der Waals surface area contributed by atoms with Gasteiger partial charge in [0.05, 0.1) is 21.9 Å². The van der Waals surface area contributed by atoms with E-state index in [9.17, 15) is 32.3 Å². The van der Waals surface area contributed by atoms with Crippen LogP contribution in [0.3, 0.4) is 0 Å². The van der Waals surface area contributed by atoms with E-state index in [4.69, 9.17) is 22.5 Å². The van der Waals surface area contributed by atoms with E-state index in [1.807, 2.05) is 60.1 Å². The second-order valence-electron chi connectivity index (χ2n) is 9.66. The van der Waals surface area contributed by atoms with Crippen LogP contribution in [0.1, 0.15) is 44.7 Å². The molecule has 1 fully saturated rings. The highest BCUT2D eigenvalue weighted by Gasteiger charge is 2.37. The summed E-state index contributed by atoms with van der Waals surface area (Å²) in [5.41, 5.74) is -2.21. The van der Waals surface area contributed by atoms with E-state index in [2.05, 4.69) is 0 Å². The summed E-state index contributed by atoms with van der Waals surface area (Å²) in [4.78, 5) is 54.7. The van der Waals surface area contributed by atoms with E-state index in [1.54, 1.807) is 13.8 Å². The number of rotatable bonds is 4. The first-order valence-corrected chi connectivity index (χ1v) is 14.1. The summed E-state index contributed by atoms with van der Waals surface area (Å²) >= 11 is 0. The summed E-state index contributed by atoms with van der Waals surface area (Å²) in [6.45, 7) is 3.42. The maximum atomic E-state index is 13.6. The summed E-state index contributed by atoms with van der Waals surface area (Å²) in [5, 5.41) is 2.03. The molecule has 0 bridgehead atoms. The second kappa shape index (κ2) is 12.0. The van der Waals surface area contributed by atoms with Crippen molar-refractivity contribution >= 4 is 55.7 Å². The molecule has 3 aromatic carbocycles. The molecule has 4 aromatic rings. The molecule has 230 valence electrons. The molecule has 2 heterocycles. The Morgan fingerprint density at radius 3 is 1.73 bits per heavy atom. The van der Waals surface area contributed by atoms with Gasteiger partial charge in [0.15, 0.2) is 10.1 Å². The van der Waals surface area contributed by atoms with Gasteiger partial charge in [0.2, 0.25) is 11.0 Å². The molecule has 2 amide bonds. The molecular formula is C29H23F3N2O9S. The van der Waals surface area contributed by atoms with Gasteiger partial charge in [-0.2, -0.15) is 17.7 Å². The van der Waals surface area contributed by atoms with Gasteiger partial charge in [-0.1, -0.05) is 24.3 Å². The van der Waals surface area contributed by atoms with Crippen LogP contribution in [0.5, 0.6) is 5.75 Å². The molecule has 0 saturated carbocycles. The van der Waals surface area contributed by atoms with E-state index in [0.29, 0.717) is 27.5 Å². The van der Waals surface area contributed by atoms with Crippen molar-refractivity contribution in [2.75, 3.05) is 0 Å². The van der Waals surface area contributed by atoms with E-state index in [-0.39, 0.29) is 18.4 Å². The number of benzene rings is 3. The number of hydrogen-bond donors (Lipinski definition) is 0. The zero-order valence-corrected chi connectivity index (χ0v) is 24.1. The minimum atomic E-state index is -6.09. The molecular weight excluding hydrogens is 609 g/mol. The van der Waals surface area contributed by atoms with Crippen LogP contribution < -0.4 is 9.30 Å². The molecule has 0 radical (unpaired) electrons. The molecule has 1 saturated heterocycles. The molecule has 1 aromatic heterocycles. The van der Waals surface area contributed by atoms with Gasteiger partial charge in [-0.25, -0.2) is 18.0 Å². The Morgan fingerprint density at radius 2 is 1.30 bits per heavy atom. The molecule has 0 unspecified atom stereocenters. The Bertz CT molecular complexity index is 1860. The number of alkyl halides is 3. The number of esters is 1. The van der Waals surface area contributed by atoms with Gasteiger partial charge in [-0.05, 0) is 49.2 Å². The number of carbonyl (C=O) groups excluding carboxylic acids is 4. The normalized spacial score (nSPS) is 13.6. The summed E-state index contributed by atoms with van der Waals surface area (Å²) in [6, 6.07) is 18.3. The number of halogens is 3. The average Bonchev–Trinajstić information content (AvgIpc) is 3.26. The summed E-state index contributed by atoms with van der Waals surface area (Å²) in [5.74, 6) is -2.13. The van der Waals surface area contributed by atoms with Crippen molar-refractivity contribution in [3.8, 4) is 5.75 Å². The lowest BCUT2D eigenvalue weighted by Crippen LogP contribution is -2.32. The molecule has 0 N–H and O–H groups in total. The predicted octanol–water partition coefficient (Wildman–Crippen LogP) is 3.93. The second-order valence-corrected chi connectivity index (χ2v) is 11.0. The lowest BCUT2D eigenvalue weighted by atomic mass is 10.0. The van der Waals surface area contributed by atoms with E-state index in [1.165, 1.54) is 12.1 Å². The van der Waals surface area contributed by atoms with Crippen molar-refractivity contribution in [2.45, 2.75) is 32.2 Å². The van der Waals surface area contributed by atoms with Crippen LogP contribution in [0.25, 0.3) is 21.8 Å². The number of hydroxylamine groups is 2. The zero-order valence-electron chi connectivity index (χ0n) is 23.3. The maximum Gasteiger partial charge on any atom is 0.485 e. The lowest BCUT2D eigenvalue weighted by Gasteiger charge is -2.16. The molecule has 0 aliphatic carbocycles. The van der Waals surface area contributed by atoms with Crippen LogP contribution in [0.4, 0.5) is 13.2 Å². The number of aromatic nitrogens is 1. The fourth-order valence-electron chi connectivity index (χ4n) is 4.62. The van der Waals surface area contributed by atoms with E-state index in [0.717, 1.165) is 21.8 Å². The number of carbonyl (C=O) groups is 4.